The lowest BCUT2D eigenvalue weighted by molar-refractivity contribution is 0.403. The third-order valence-corrected chi connectivity index (χ3v) is 145. The predicted molar refractivity (Wildman–Crippen MR) is 548 cm³/mol. The van der Waals surface area contributed by atoms with E-state index in [1.54, 1.807) is 107 Å². The van der Waals surface area contributed by atoms with Crippen LogP contribution in [0, 0.1) is 11.3 Å². The van der Waals surface area contributed by atoms with E-state index in [1.807, 2.05) is 450 Å². The number of benzene rings is 1. The maximum Gasteiger partial charge on any atom is 0.0991 e. The van der Waals surface area contributed by atoms with Crippen LogP contribution in [0.3, 0.4) is 0 Å². The highest BCUT2D eigenvalue weighted by atomic mass is 33.5. The van der Waals surface area contributed by atoms with Gasteiger partial charge in [-0.05, 0) is 40.5 Å². The molecule has 1 aliphatic rings. The first-order chi connectivity index (χ1) is 39.8. The van der Waals surface area contributed by atoms with E-state index < -0.39 is 0 Å². The van der Waals surface area contributed by atoms with E-state index in [1.165, 1.54) is 28.9 Å². The highest BCUT2D eigenvalue weighted by Crippen LogP contribution is 2.49. The number of hydrogen-bond acceptors (Lipinski definition) is 3. The van der Waals surface area contributed by atoms with Gasteiger partial charge in [0.2, 0.25) is 0 Å². The first kappa shape index (κ1) is 92.2. The largest absolute Gasteiger partial charge is 0.192 e. The molecule has 0 saturated heterocycles. The molecule has 0 unspecified atom stereocenters. The molecule has 1 aromatic carbocycles. The Morgan fingerprint density at radius 3 is 0.556 bits per heavy atom. The van der Waals surface area contributed by atoms with E-state index in [-0.39, 0.29) is 10.8 Å². The lowest BCUT2D eigenvalue weighted by atomic mass is 9.82. The van der Waals surface area contributed by atoms with Gasteiger partial charge in [0, 0.05) is 591 Å². The quantitative estimate of drug-likeness (QED) is 0.399. The summed E-state index contributed by atoms with van der Waals surface area (Å²) >= 11 is 9.64. The highest BCUT2D eigenvalue weighted by Gasteiger charge is 2.41. The van der Waals surface area contributed by atoms with E-state index in [9.17, 15) is 0 Å². The van der Waals surface area contributed by atoms with Gasteiger partial charge in [0.15, 0.2) is 0 Å². The molecule has 1 aliphatic carbocycles. The molecule has 0 spiro atoms. The molecule has 0 heterocycles. The lowest BCUT2D eigenvalue weighted by Gasteiger charge is -2.22. The first-order valence-electron chi connectivity index (χ1n) is 16.3. The van der Waals surface area contributed by atoms with Crippen LogP contribution in [-0.4, -0.2) is 0 Å². The lowest BCUT2D eigenvalue weighted by Crippen LogP contribution is -2.17. The minimum absolute atomic E-state index is 0.200. The molecule has 0 fully saturated rings. The van der Waals surface area contributed by atoms with Gasteiger partial charge >= 0.3 is 0 Å². The Morgan fingerprint density at radius 1 is 0.259 bits per heavy atom. The average molecular weight is 2320 g/mol. The van der Waals surface area contributed by atoms with Crippen LogP contribution < -0.4 is 0 Å². The molecular formula is C14H17NS66. The monoisotopic (exact) mass is 2310 g/mol. The zero-order valence-corrected chi connectivity index (χ0v) is 90.7. The molecule has 1 nitrogen and oxygen atoms in total. The summed E-state index contributed by atoms with van der Waals surface area (Å²) in [6, 6.07) is 8.34. The van der Waals surface area contributed by atoms with Crippen LogP contribution in [0.25, 0.3) is 0 Å². The van der Waals surface area contributed by atoms with Crippen molar-refractivity contribution in [3.63, 3.8) is 0 Å². The van der Waals surface area contributed by atoms with Crippen LogP contribution in [0.15, 0.2) is 18.2 Å². The second-order valence-electron chi connectivity index (χ2n) is 10.2. The molecule has 0 N–H and O–H groups in total. The van der Waals surface area contributed by atoms with Crippen LogP contribution in [0.5, 0.6) is 0 Å². The summed E-state index contributed by atoms with van der Waals surface area (Å²) in [7, 11) is 115. The standard InChI is InChI=1S/C14H17N.S66/c1-13(2)9-14(3,4)12-7-10(8-15)5-6-11(12)13;1-3-5-7-9-11-13-15-17-19-21-23-25-27-29-31-33-35-37-39-41-43-45-47-49-51-53-55-57-59-61-63-65-66-64-62-60-58-56-54-52-50-48-46-44-42-40-38-36-34-32-30-28-26-24-22-20-18-16-14-12-10-8-6-4-2/h5-7H,9H2,1-4H3;. The molecule has 0 aromatic heterocycles. The summed E-state index contributed by atoms with van der Waals surface area (Å²) in [5.41, 5.74) is 3.98. The van der Waals surface area contributed by atoms with Crippen LogP contribution in [0.4, 0.5) is 0 Å². The zero-order chi connectivity index (χ0) is 58.5. The Bertz CT molecular complexity index is 5400. The molecule has 0 atom stereocenters. The Kier molecular flexibility index (Phi) is 84.7. The molecule has 0 radical (unpaired) electrons. The number of nitriles is 1. The minimum atomic E-state index is 0.200. The molecule has 81 heavy (non-hydrogen) atoms. The number of fused-ring (bicyclic) bond motifs is 1. The van der Waals surface area contributed by atoms with Crippen molar-refractivity contribution in [3.8, 4) is 6.07 Å². The third kappa shape index (κ3) is 65.0. The molecule has 0 amide bonds. The van der Waals surface area contributed by atoms with Gasteiger partial charge in [-0.15, -0.1) is 0 Å². The summed E-state index contributed by atoms with van der Waals surface area (Å²) in [6.07, 6.45) is 1.16. The second-order valence-corrected chi connectivity index (χ2v) is 123. The van der Waals surface area contributed by atoms with Gasteiger partial charge < -0.3 is 0 Å². The van der Waals surface area contributed by atoms with Crippen molar-refractivity contribution >= 4 is 591 Å². The molecule has 0 saturated carbocycles. The molecule has 0 aliphatic heterocycles. The van der Waals surface area contributed by atoms with Crippen molar-refractivity contribution in [2.45, 2.75) is 44.9 Å². The molecular weight excluding hydrogens is 2300 g/mol. The highest BCUT2D eigenvalue weighted by molar-refractivity contribution is 8.84. The van der Waals surface area contributed by atoms with E-state index in [2.05, 4.69) is 45.9 Å². The van der Waals surface area contributed by atoms with Crippen molar-refractivity contribution in [2.75, 3.05) is 0 Å². The number of nitrogens with zero attached hydrogens (tertiary/aromatic N) is 1. The predicted octanol–water partition coefficient (Wildman–Crippen LogP) is 3.36. The zero-order valence-electron chi connectivity index (χ0n) is 36.8. The van der Waals surface area contributed by atoms with E-state index in [0.717, 1.165) is 12.0 Å². The SMILES string of the molecule is CC1(C)CC(C)(C)c2cc(C#N)ccc21.S=S=S=S=S=S=S=S=S=S=S=S=S=S=S=S=S=S=S=S=S=S=S=S=S=S=S=S=S=S=S=S=S=S=S=S=S=S=S=S=S=S=S=S=S=S=S=S=S=S=S=S=S=S=S=S=S=S=S=S=S=S=S=S=S=S. The van der Waals surface area contributed by atoms with Gasteiger partial charge in [-0.2, -0.15) is 5.26 Å². The Balaban J connectivity index is 0.00000185. The fraction of sp³-hybridized carbons (Fsp3) is 0.500. The molecule has 0 bridgehead atoms. The van der Waals surface area contributed by atoms with Crippen molar-refractivity contribution in [1.82, 2.24) is 0 Å². The number of rotatable bonds is 0. The normalized spacial score (nSPS) is 10.2. The van der Waals surface area contributed by atoms with Crippen LogP contribution >= 0.6 is 0 Å². The van der Waals surface area contributed by atoms with Crippen molar-refractivity contribution in [2.24, 2.45) is 0 Å². The molecule has 2 rings (SSSR count). The summed E-state index contributed by atoms with van der Waals surface area (Å²) in [5.74, 6) is 0. The smallest absolute Gasteiger partial charge is 0.0991 e. The molecule has 1 aromatic rings. The van der Waals surface area contributed by atoms with Crippen molar-refractivity contribution in [3.05, 3.63) is 34.9 Å². The van der Waals surface area contributed by atoms with Gasteiger partial charge in [-0.25, -0.2) is 0 Å². The average Bonchev–Trinajstić information content (AvgIpc) is 3.92. The third-order valence-electron chi connectivity index (χ3n) is 5.24. The summed E-state index contributed by atoms with van der Waals surface area (Å²) in [5, 5.41) is 8.92. The maximum atomic E-state index is 8.92. The second kappa shape index (κ2) is 74.4. The first-order valence-corrected chi connectivity index (χ1v) is 103. The van der Waals surface area contributed by atoms with Crippen LogP contribution in [0.1, 0.15) is 50.8 Å². The van der Waals surface area contributed by atoms with Gasteiger partial charge in [-0.1, -0.05) is 33.8 Å². The van der Waals surface area contributed by atoms with E-state index in [4.69, 9.17) is 27.6 Å². The van der Waals surface area contributed by atoms with Gasteiger partial charge in [0.25, 0.3) is 0 Å². The number of hydrogen-bond donors (Lipinski definition) is 0. The fourth-order valence-corrected chi connectivity index (χ4v) is 174. The van der Waals surface area contributed by atoms with E-state index >= 15 is 0 Å². The van der Waals surface area contributed by atoms with Crippen LogP contribution in [-0.2, 0) is 602 Å². The van der Waals surface area contributed by atoms with Gasteiger partial charge in [0.05, 0.1) is 11.6 Å². The topological polar surface area (TPSA) is 23.8 Å². The van der Waals surface area contributed by atoms with Crippen molar-refractivity contribution in [1.29, 1.82) is 5.26 Å². The van der Waals surface area contributed by atoms with Crippen LogP contribution in [0.2, 0.25) is 0 Å². The minimum Gasteiger partial charge on any atom is -0.192 e. The van der Waals surface area contributed by atoms with Gasteiger partial charge in [0.1, 0.15) is 0 Å². The molecule has 474 valence electrons. The fourth-order valence-electron chi connectivity index (χ4n) is 3.76. The Hall–Kier alpha value is 13.2. The maximum absolute atomic E-state index is 8.92. The van der Waals surface area contributed by atoms with Crippen molar-refractivity contribution < 1.29 is 0 Å². The molecule has 67 heteroatoms. The Labute approximate surface area is 662 Å². The Morgan fingerprint density at radius 2 is 0.407 bits per heavy atom. The summed E-state index contributed by atoms with van der Waals surface area (Å²) in [6.45, 7) is 9.10. The van der Waals surface area contributed by atoms with E-state index in [0.29, 0.717) is 0 Å². The summed E-state index contributed by atoms with van der Waals surface area (Å²) < 4.78 is 0. The summed E-state index contributed by atoms with van der Waals surface area (Å²) in [4.78, 5) is 0. The van der Waals surface area contributed by atoms with Gasteiger partial charge in [-0.3, -0.25) is 0 Å².